The number of hydrogen-bond acceptors (Lipinski definition) is 5. The van der Waals surface area contributed by atoms with Gasteiger partial charge in [-0.3, -0.25) is 14.4 Å². The fourth-order valence-corrected chi connectivity index (χ4v) is 3.69. The molecule has 7 nitrogen and oxygen atoms in total. The van der Waals surface area contributed by atoms with E-state index in [0.29, 0.717) is 5.69 Å². The second-order valence-electron chi connectivity index (χ2n) is 8.01. The van der Waals surface area contributed by atoms with Crippen LogP contribution in [0.3, 0.4) is 0 Å². The molecular formula is C24H29N3O4. The molecule has 2 aromatic rings. The maximum absolute atomic E-state index is 12.6. The van der Waals surface area contributed by atoms with Gasteiger partial charge in [-0.05, 0) is 62.4 Å². The number of anilines is 1. The normalized spacial score (nSPS) is 19.2. The first kappa shape index (κ1) is 22.5. The number of benzene rings is 2. The first-order valence-electron chi connectivity index (χ1n) is 10.6. The molecule has 1 aliphatic carbocycles. The molecule has 1 fully saturated rings. The van der Waals surface area contributed by atoms with Crippen LogP contribution in [0.1, 0.15) is 61.4 Å². The number of amides is 2. The maximum atomic E-state index is 12.6. The van der Waals surface area contributed by atoms with Gasteiger partial charge < -0.3 is 21.1 Å². The van der Waals surface area contributed by atoms with Crippen molar-refractivity contribution < 1.29 is 19.1 Å². The van der Waals surface area contributed by atoms with E-state index in [4.69, 9.17) is 10.5 Å². The minimum atomic E-state index is -0.493. The van der Waals surface area contributed by atoms with Gasteiger partial charge in [-0.1, -0.05) is 24.3 Å². The molecule has 0 saturated heterocycles. The largest absolute Gasteiger partial charge is 0.426 e. The molecule has 0 heterocycles. The van der Waals surface area contributed by atoms with E-state index in [1.807, 2.05) is 19.1 Å². The van der Waals surface area contributed by atoms with Gasteiger partial charge in [0.25, 0.3) is 5.91 Å². The fraction of sp³-hybridized carbons (Fsp3) is 0.375. The second kappa shape index (κ2) is 10.2. The summed E-state index contributed by atoms with van der Waals surface area (Å²) >= 11 is 0. The number of nitrogens with one attached hydrogen (secondary N) is 2. The van der Waals surface area contributed by atoms with Gasteiger partial charge >= 0.3 is 5.97 Å². The zero-order valence-corrected chi connectivity index (χ0v) is 17.9. The van der Waals surface area contributed by atoms with Gasteiger partial charge in [0.15, 0.2) is 0 Å². The van der Waals surface area contributed by atoms with Crippen molar-refractivity contribution >= 4 is 23.5 Å². The summed E-state index contributed by atoms with van der Waals surface area (Å²) in [6, 6.07) is 14.1. The zero-order valence-electron chi connectivity index (χ0n) is 17.9. The minimum Gasteiger partial charge on any atom is -0.426 e. The third kappa shape index (κ3) is 6.15. The van der Waals surface area contributed by atoms with Gasteiger partial charge in [-0.25, -0.2) is 0 Å². The highest BCUT2D eigenvalue weighted by Gasteiger charge is 2.23. The minimum absolute atomic E-state index is 0.00688. The van der Waals surface area contributed by atoms with Crippen molar-refractivity contribution in [2.75, 3.05) is 5.32 Å². The van der Waals surface area contributed by atoms with Crippen LogP contribution in [0.2, 0.25) is 0 Å². The Morgan fingerprint density at radius 2 is 1.65 bits per heavy atom. The van der Waals surface area contributed by atoms with E-state index in [-0.39, 0.29) is 41.1 Å². The van der Waals surface area contributed by atoms with Crippen LogP contribution < -0.4 is 21.1 Å². The molecule has 1 aliphatic rings. The number of carbonyl (C=O) groups excluding carboxylic acids is 3. The lowest BCUT2D eigenvalue weighted by atomic mass is 9.91. The smallest absolute Gasteiger partial charge is 0.308 e. The second-order valence-corrected chi connectivity index (χ2v) is 8.01. The number of para-hydroxylation sites is 1. The van der Waals surface area contributed by atoms with Crippen molar-refractivity contribution in [1.82, 2.24) is 5.32 Å². The average molecular weight is 424 g/mol. The van der Waals surface area contributed by atoms with Crippen LogP contribution in [-0.2, 0) is 9.59 Å². The van der Waals surface area contributed by atoms with Gasteiger partial charge in [-0.15, -0.1) is 0 Å². The molecule has 7 heteroatoms. The highest BCUT2D eigenvalue weighted by atomic mass is 16.5. The summed E-state index contributed by atoms with van der Waals surface area (Å²) in [7, 11) is 0. The highest BCUT2D eigenvalue weighted by molar-refractivity contribution is 6.06. The summed E-state index contributed by atoms with van der Waals surface area (Å²) in [6.07, 6.45) is 3.71. The molecular weight excluding hydrogens is 394 g/mol. The van der Waals surface area contributed by atoms with Crippen LogP contribution in [0.5, 0.6) is 5.75 Å². The van der Waals surface area contributed by atoms with Crippen molar-refractivity contribution in [3.63, 3.8) is 0 Å². The molecule has 1 atom stereocenters. The number of carbonyl (C=O) groups is 3. The van der Waals surface area contributed by atoms with Gasteiger partial charge in [-0.2, -0.15) is 0 Å². The van der Waals surface area contributed by atoms with E-state index in [0.717, 1.165) is 31.2 Å². The number of rotatable bonds is 6. The van der Waals surface area contributed by atoms with Gasteiger partial charge in [0.1, 0.15) is 5.75 Å². The van der Waals surface area contributed by atoms with E-state index in [9.17, 15) is 14.4 Å². The molecule has 0 radical (unpaired) electrons. The molecule has 0 aliphatic heterocycles. The Hall–Kier alpha value is -3.19. The Kier molecular flexibility index (Phi) is 7.41. The lowest BCUT2D eigenvalue weighted by Gasteiger charge is -2.28. The third-order valence-corrected chi connectivity index (χ3v) is 5.57. The molecule has 0 spiro atoms. The summed E-state index contributed by atoms with van der Waals surface area (Å²) < 4.78 is 5.10. The van der Waals surface area contributed by atoms with E-state index >= 15 is 0 Å². The average Bonchev–Trinajstić information content (AvgIpc) is 2.75. The van der Waals surface area contributed by atoms with Crippen LogP contribution in [0.15, 0.2) is 48.5 Å². The highest BCUT2D eigenvalue weighted by Crippen LogP contribution is 2.23. The molecule has 31 heavy (non-hydrogen) atoms. The van der Waals surface area contributed by atoms with E-state index in [1.54, 1.807) is 36.4 Å². The number of hydrogen-bond donors (Lipinski definition) is 3. The van der Waals surface area contributed by atoms with Crippen LogP contribution in [-0.4, -0.2) is 29.9 Å². The summed E-state index contributed by atoms with van der Waals surface area (Å²) in [4.78, 5) is 36.5. The van der Waals surface area contributed by atoms with Gasteiger partial charge in [0, 0.05) is 24.7 Å². The molecule has 1 unspecified atom stereocenters. The fourth-order valence-electron chi connectivity index (χ4n) is 3.69. The molecule has 0 aromatic heterocycles. The van der Waals surface area contributed by atoms with Crippen LogP contribution in [0, 0.1) is 0 Å². The van der Waals surface area contributed by atoms with Crippen LogP contribution in [0.4, 0.5) is 5.69 Å². The molecule has 2 amide bonds. The summed E-state index contributed by atoms with van der Waals surface area (Å²) in [5, 5.41) is 5.92. The van der Waals surface area contributed by atoms with Crippen molar-refractivity contribution in [1.29, 1.82) is 0 Å². The number of esters is 1. The summed E-state index contributed by atoms with van der Waals surface area (Å²) in [6.45, 7) is 3.15. The predicted octanol–water partition coefficient (Wildman–Crippen LogP) is 3.35. The number of ether oxygens (including phenoxy) is 1. The zero-order chi connectivity index (χ0) is 22.4. The van der Waals surface area contributed by atoms with Crippen LogP contribution >= 0.6 is 0 Å². The third-order valence-electron chi connectivity index (χ3n) is 5.57. The van der Waals surface area contributed by atoms with Gasteiger partial charge in [0.05, 0.1) is 11.5 Å². The standard InChI is InChI=1S/C24H29N3O4/c1-15(23(29)26-20-13-9-18(25)10-14-20)17-7-11-19(12-8-17)27-24(30)21-5-3-4-6-22(21)31-16(2)28/h3-8,11-12,15,18,20H,9-10,13-14,25H2,1-2H3,(H,26,29)(H,27,30). The quantitative estimate of drug-likeness (QED) is 0.487. The Morgan fingerprint density at radius 1 is 1.00 bits per heavy atom. The molecule has 3 rings (SSSR count). The number of nitrogens with two attached hydrogens (primary N) is 1. The van der Waals surface area contributed by atoms with E-state index in [2.05, 4.69) is 10.6 Å². The molecule has 1 saturated carbocycles. The maximum Gasteiger partial charge on any atom is 0.308 e. The Bertz CT molecular complexity index is 934. The van der Waals surface area contributed by atoms with Crippen molar-refractivity contribution in [3.05, 3.63) is 59.7 Å². The van der Waals surface area contributed by atoms with E-state index < -0.39 is 5.97 Å². The monoisotopic (exact) mass is 423 g/mol. The van der Waals surface area contributed by atoms with Gasteiger partial charge in [0.2, 0.25) is 5.91 Å². The van der Waals surface area contributed by atoms with Crippen molar-refractivity contribution in [2.45, 2.75) is 57.5 Å². The molecule has 0 bridgehead atoms. The first-order chi connectivity index (χ1) is 14.8. The molecule has 4 N–H and O–H groups in total. The predicted molar refractivity (Wildman–Crippen MR) is 119 cm³/mol. The Morgan fingerprint density at radius 3 is 2.29 bits per heavy atom. The topological polar surface area (TPSA) is 111 Å². The van der Waals surface area contributed by atoms with Crippen LogP contribution in [0.25, 0.3) is 0 Å². The lowest BCUT2D eigenvalue weighted by molar-refractivity contribution is -0.132. The lowest BCUT2D eigenvalue weighted by Crippen LogP contribution is -2.42. The van der Waals surface area contributed by atoms with Crippen molar-refractivity contribution in [2.24, 2.45) is 5.73 Å². The summed E-state index contributed by atoms with van der Waals surface area (Å²) in [5.41, 5.74) is 7.64. The Labute approximate surface area is 182 Å². The Balaban J connectivity index is 1.60. The summed E-state index contributed by atoms with van der Waals surface area (Å²) in [5.74, 6) is -0.977. The molecule has 164 valence electrons. The molecule has 2 aromatic carbocycles. The first-order valence-corrected chi connectivity index (χ1v) is 10.6. The SMILES string of the molecule is CC(=O)Oc1ccccc1C(=O)Nc1ccc(C(C)C(=O)NC2CCC(N)CC2)cc1. The van der Waals surface area contributed by atoms with Crippen molar-refractivity contribution in [3.8, 4) is 5.75 Å². The van der Waals surface area contributed by atoms with E-state index in [1.165, 1.54) is 6.92 Å².